The van der Waals surface area contributed by atoms with Crippen LogP contribution < -0.4 is 5.32 Å². The third kappa shape index (κ3) is 3.46. The average molecular weight is 254 g/mol. The Hall–Kier alpha value is -0.120. The largest absolute Gasteiger partial charge is 0.380 e. The van der Waals surface area contributed by atoms with Crippen molar-refractivity contribution in [1.82, 2.24) is 10.2 Å². The minimum atomic E-state index is 0.480. The molecule has 0 radical (unpaired) electrons. The standard InChI is InChI=1S/C15H30N2O/c1-16-11-10-13-7-5-6-12-17(13)14-8-3-4-9-15(14)18-2/h13-16H,3-12H2,1-2H3. The van der Waals surface area contributed by atoms with Crippen LogP contribution in [0.5, 0.6) is 0 Å². The normalized spacial score (nSPS) is 34.7. The molecule has 0 spiro atoms. The minimum Gasteiger partial charge on any atom is -0.380 e. The van der Waals surface area contributed by atoms with E-state index in [0.29, 0.717) is 12.1 Å². The Morgan fingerprint density at radius 3 is 2.67 bits per heavy atom. The molecule has 1 N–H and O–H groups in total. The summed E-state index contributed by atoms with van der Waals surface area (Å²) in [7, 11) is 3.96. The predicted molar refractivity (Wildman–Crippen MR) is 75.9 cm³/mol. The molecule has 0 bridgehead atoms. The topological polar surface area (TPSA) is 24.5 Å². The second-order valence-electron chi connectivity index (χ2n) is 5.91. The number of nitrogens with zero attached hydrogens (tertiary/aromatic N) is 1. The SMILES string of the molecule is CNCCC1CCCCN1C1CCCCC1OC. The maximum absolute atomic E-state index is 5.75. The van der Waals surface area contributed by atoms with Gasteiger partial charge in [0.2, 0.25) is 0 Å². The van der Waals surface area contributed by atoms with E-state index in [1.54, 1.807) is 0 Å². The molecule has 2 rings (SSSR count). The summed E-state index contributed by atoms with van der Waals surface area (Å²) in [5, 5.41) is 3.31. The van der Waals surface area contributed by atoms with Crippen molar-refractivity contribution in [2.24, 2.45) is 0 Å². The van der Waals surface area contributed by atoms with Crippen LogP contribution in [0.15, 0.2) is 0 Å². The highest BCUT2D eigenvalue weighted by Crippen LogP contribution is 2.31. The Labute approximate surface area is 112 Å². The molecule has 2 aliphatic rings. The van der Waals surface area contributed by atoms with Crippen LogP contribution >= 0.6 is 0 Å². The van der Waals surface area contributed by atoms with Gasteiger partial charge in [0, 0.05) is 19.2 Å². The van der Waals surface area contributed by atoms with Crippen molar-refractivity contribution in [3.05, 3.63) is 0 Å². The van der Waals surface area contributed by atoms with Crippen LogP contribution in [-0.2, 0) is 4.74 Å². The zero-order chi connectivity index (χ0) is 12.8. The minimum absolute atomic E-state index is 0.480. The number of hydrogen-bond acceptors (Lipinski definition) is 3. The van der Waals surface area contributed by atoms with Crippen LogP contribution in [0.4, 0.5) is 0 Å². The van der Waals surface area contributed by atoms with Gasteiger partial charge in [-0.1, -0.05) is 19.3 Å². The lowest BCUT2D eigenvalue weighted by Crippen LogP contribution is -2.53. The van der Waals surface area contributed by atoms with Crippen LogP contribution in [0, 0.1) is 0 Å². The zero-order valence-electron chi connectivity index (χ0n) is 12.2. The highest BCUT2D eigenvalue weighted by Gasteiger charge is 2.34. The van der Waals surface area contributed by atoms with Gasteiger partial charge in [-0.25, -0.2) is 0 Å². The summed E-state index contributed by atoms with van der Waals surface area (Å²) in [6.45, 7) is 2.43. The van der Waals surface area contributed by atoms with Crippen molar-refractivity contribution in [3.8, 4) is 0 Å². The molecule has 0 amide bonds. The van der Waals surface area contributed by atoms with E-state index in [-0.39, 0.29) is 0 Å². The number of rotatable bonds is 5. The smallest absolute Gasteiger partial charge is 0.0726 e. The van der Waals surface area contributed by atoms with Gasteiger partial charge in [0.25, 0.3) is 0 Å². The quantitative estimate of drug-likeness (QED) is 0.815. The van der Waals surface area contributed by atoms with Gasteiger partial charge in [-0.15, -0.1) is 0 Å². The number of ether oxygens (including phenoxy) is 1. The molecule has 3 unspecified atom stereocenters. The molecule has 18 heavy (non-hydrogen) atoms. The first kappa shape index (κ1) is 14.3. The van der Waals surface area contributed by atoms with Crippen LogP contribution in [0.2, 0.25) is 0 Å². The fraction of sp³-hybridized carbons (Fsp3) is 1.00. The molecule has 3 nitrogen and oxygen atoms in total. The molecule has 106 valence electrons. The third-order valence-corrected chi connectivity index (χ3v) is 4.80. The molecule has 1 heterocycles. The molecular formula is C15H30N2O. The lowest BCUT2D eigenvalue weighted by Gasteiger charge is -2.45. The van der Waals surface area contributed by atoms with Crippen LogP contribution in [-0.4, -0.2) is 50.3 Å². The third-order valence-electron chi connectivity index (χ3n) is 4.80. The second kappa shape index (κ2) is 7.46. The summed E-state index contributed by atoms with van der Waals surface area (Å²) < 4.78 is 5.75. The average Bonchev–Trinajstić information content (AvgIpc) is 2.45. The summed E-state index contributed by atoms with van der Waals surface area (Å²) in [5.41, 5.74) is 0. The van der Waals surface area contributed by atoms with Crippen molar-refractivity contribution in [3.63, 3.8) is 0 Å². The van der Waals surface area contributed by atoms with Crippen molar-refractivity contribution >= 4 is 0 Å². The van der Waals surface area contributed by atoms with Gasteiger partial charge in [0.05, 0.1) is 6.10 Å². The Balaban J connectivity index is 1.97. The summed E-state index contributed by atoms with van der Waals surface area (Å²) in [5.74, 6) is 0. The fourth-order valence-electron chi connectivity index (χ4n) is 3.81. The van der Waals surface area contributed by atoms with Gasteiger partial charge in [0.15, 0.2) is 0 Å². The van der Waals surface area contributed by atoms with E-state index in [1.165, 1.54) is 57.9 Å². The van der Waals surface area contributed by atoms with Crippen molar-refractivity contribution < 1.29 is 4.74 Å². The Bertz CT molecular complexity index is 235. The Kier molecular flexibility index (Phi) is 5.93. The number of piperidine rings is 1. The lowest BCUT2D eigenvalue weighted by atomic mass is 9.87. The van der Waals surface area contributed by atoms with E-state index in [4.69, 9.17) is 4.74 Å². The molecule has 3 atom stereocenters. The van der Waals surface area contributed by atoms with Gasteiger partial charge in [-0.2, -0.15) is 0 Å². The molecule has 1 aliphatic heterocycles. The molecule has 0 aromatic rings. The van der Waals surface area contributed by atoms with E-state index < -0.39 is 0 Å². The summed E-state index contributed by atoms with van der Waals surface area (Å²) in [4.78, 5) is 2.79. The summed E-state index contributed by atoms with van der Waals surface area (Å²) in [6, 6.07) is 1.47. The maximum Gasteiger partial charge on any atom is 0.0726 e. The molecule has 0 aromatic heterocycles. The molecule has 1 saturated heterocycles. The van der Waals surface area contributed by atoms with Crippen LogP contribution in [0.25, 0.3) is 0 Å². The molecule has 0 aromatic carbocycles. The summed E-state index contributed by atoms with van der Waals surface area (Å²) in [6.07, 6.45) is 11.3. The second-order valence-corrected chi connectivity index (χ2v) is 5.91. The number of hydrogen-bond donors (Lipinski definition) is 1. The molecule has 3 heteroatoms. The van der Waals surface area contributed by atoms with E-state index in [2.05, 4.69) is 17.3 Å². The number of nitrogens with one attached hydrogen (secondary N) is 1. The summed E-state index contributed by atoms with van der Waals surface area (Å²) >= 11 is 0. The first-order valence-corrected chi connectivity index (χ1v) is 7.80. The van der Waals surface area contributed by atoms with E-state index in [1.807, 2.05) is 7.11 Å². The van der Waals surface area contributed by atoms with Crippen LogP contribution in [0.3, 0.4) is 0 Å². The molecule has 1 saturated carbocycles. The number of methoxy groups -OCH3 is 1. The van der Waals surface area contributed by atoms with Crippen LogP contribution in [0.1, 0.15) is 51.4 Å². The molecular weight excluding hydrogens is 224 g/mol. The fourth-order valence-corrected chi connectivity index (χ4v) is 3.81. The van der Waals surface area contributed by atoms with Crippen molar-refractivity contribution in [2.75, 3.05) is 27.2 Å². The van der Waals surface area contributed by atoms with Gasteiger partial charge in [0.1, 0.15) is 0 Å². The van der Waals surface area contributed by atoms with E-state index in [0.717, 1.165) is 12.6 Å². The van der Waals surface area contributed by atoms with Gasteiger partial charge >= 0.3 is 0 Å². The molecule has 1 aliphatic carbocycles. The first-order chi connectivity index (χ1) is 8.86. The van der Waals surface area contributed by atoms with Crippen molar-refractivity contribution in [1.29, 1.82) is 0 Å². The Morgan fingerprint density at radius 1 is 1.11 bits per heavy atom. The number of likely N-dealkylation sites (tertiary alicyclic amines) is 1. The first-order valence-electron chi connectivity index (χ1n) is 7.80. The monoisotopic (exact) mass is 254 g/mol. The predicted octanol–water partition coefficient (Wildman–Crippen LogP) is 2.41. The zero-order valence-corrected chi connectivity index (χ0v) is 12.2. The van der Waals surface area contributed by atoms with Gasteiger partial charge < -0.3 is 10.1 Å². The van der Waals surface area contributed by atoms with Gasteiger partial charge in [-0.05, 0) is 52.2 Å². The Morgan fingerprint density at radius 2 is 1.89 bits per heavy atom. The highest BCUT2D eigenvalue weighted by atomic mass is 16.5. The van der Waals surface area contributed by atoms with E-state index >= 15 is 0 Å². The van der Waals surface area contributed by atoms with Crippen molar-refractivity contribution in [2.45, 2.75) is 69.6 Å². The van der Waals surface area contributed by atoms with E-state index in [9.17, 15) is 0 Å². The van der Waals surface area contributed by atoms with Gasteiger partial charge in [-0.3, -0.25) is 4.90 Å². The maximum atomic E-state index is 5.75. The lowest BCUT2D eigenvalue weighted by molar-refractivity contribution is -0.0383. The highest BCUT2D eigenvalue weighted by molar-refractivity contribution is 4.90. The molecule has 2 fully saturated rings.